The van der Waals surface area contributed by atoms with Gasteiger partial charge in [-0.25, -0.2) is 9.97 Å². The summed E-state index contributed by atoms with van der Waals surface area (Å²) in [6, 6.07) is 5.93. The Morgan fingerprint density at radius 1 is 1.45 bits per heavy atom. The second-order valence-electron chi connectivity index (χ2n) is 4.44. The number of thiazole rings is 1. The predicted molar refractivity (Wildman–Crippen MR) is 81.2 cm³/mol. The van der Waals surface area contributed by atoms with E-state index in [9.17, 15) is 0 Å². The van der Waals surface area contributed by atoms with Gasteiger partial charge in [0.1, 0.15) is 16.3 Å². The van der Waals surface area contributed by atoms with E-state index in [1.54, 1.807) is 17.5 Å². The van der Waals surface area contributed by atoms with Crippen molar-refractivity contribution in [2.75, 3.05) is 12.3 Å². The predicted octanol–water partition coefficient (Wildman–Crippen LogP) is 3.08. The molecule has 20 heavy (non-hydrogen) atoms. The fraction of sp³-hybridized carbons (Fsp3) is 0.286. The number of benzene rings is 1. The molecule has 0 radical (unpaired) electrons. The maximum absolute atomic E-state index is 6.10. The smallest absolute Gasteiger partial charge is 0.202 e. The summed E-state index contributed by atoms with van der Waals surface area (Å²) in [6.07, 6.45) is 1.80. The van der Waals surface area contributed by atoms with E-state index in [4.69, 9.17) is 10.5 Å². The molecular formula is C14H16N4OS. The van der Waals surface area contributed by atoms with Gasteiger partial charge in [-0.05, 0) is 26.0 Å². The average Bonchev–Trinajstić information content (AvgIpc) is 3.06. The fourth-order valence-corrected chi connectivity index (χ4v) is 3.02. The second-order valence-corrected chi connectivity index (χ2v) is 5.37. The summed E-state index contributed by atoms with van der Waals surface area (Å²) in [4.78, 5) is 8.82. The van der Waals surface area contributed by atoms with Crippen molar-refractivity contribution in [2.45, 2.75) is 19.9 Å². The highest BCUT2D eigenvalue weighted by atomic mass is 32.1. The quantitative estimate of drug-likeness (QED) is 0.801. The Bertz CT molecular complexity index is 720. The van der Waals surface area contributed by atoms with Crippen molar-refractivity contribution in [1.82, 2.24) is 14.5 Å². The molecule has 104 valence electrons. The SMILES string of the molecule is CCOc1cccc2c1nc(N)n2C(C)c1nccs1. The summed E-state index contributed by atoms with van der Waals surface area (Å²) in [5, 5.41) is 2.98. The molecule has 1 unspecified atom stereocenters. The van der Waals surface area contributed by atoms with Crippen molar-refractivity contribution in [3.63, 3.8) is 0 Å². The molecule has 2 heterocycles. The molecule has 3 rings (SSSR count). The zero-order valence-corrected chi connectivity index (χ0v) is 12.2. The van der Waals surface area contributed by atoms with Crippen molar-refractivity contribution in [3.8, 4) is 5.75 Å². The standard InChI is InChI=1S/C14H16N4OS/c1-3-19-11-6-4-5-10-12(11)17-14(15)18(10)9(2)13-16-7-8-20-13/h4-9H,3H2,1-2H3,(H2,15,17). The van der Waals surface area contributed by atoms with E-state index < -0.39 is 0 Å². The maximum Gasteiger partial charge on any atom is 0.202 e. The second kappa shape index (κ2) is 5.13. The van der Waals surface area contributed by atoms with Crippen molar-refractivity contribution in [1.29, 1.82) is 0 Å². The third kappa shape index (κ3) is 2.02. The van der Waals surface area contributed by atoms with E-state index in [1.165, 1.54) is 0 Å². The van der Waals surface area contributed by atoms with Crippen LogP contribution in [0.15, 0.2) is 29.8 Å². The van der Waals surface area contributed by atoms with Gasteiger partial charge in [0.15, 0.2) is 0 Å². The molecule has 1 atom stereocenters. The molecule has 0 aliphatic rings. The molecule has 3 aromatic rings. The van der Waals surface area contributed by atoms with Gasteiger partial charge in [-0.1, -0.05) is 6.07 Å². The molecular weight excluding hydrogens is 272 g/mol. The molecule has 6 heteroatoms. The van der Waals surface area contributed by atoms with E-state index >= 15 is 0 Å². The third-order valence-corrected chi connectivity index (χ3v) is 4.15. The number of anilines is 1. The summed E-state index contributed by atoms with van der Waals surface area (Å²) in [5.41, 5.74) is 7.87. The number of imidazole rings is 1. The molecule has 0 fully saturated rings. The lowest BCUT2D eigenvalue weighted by Gasteiger charge is -2.13. The van der Waals surface area contributed by atoms with E-state index in [0.29, 0.717) is 12.6 Å². The van der Waals surface area contributed by atoms with Crippen LogP contribution in [0.4, 0.5) is 5.95 Å². The zero-order valence-electron chi connectivity index (χ0n) is 11.4. The van der Waals surface area contributed by atoms with E-state index in [1.807, 2.05) is 35.1 Å². The zero-order chi connectivity index (χ0) is 14.1. The Balaban J connectivity index is 2.16. The van der Waals surface area contributed by atoms with Crippen LogP contribution in [-0.4, -0.2) is 21.1 Å². The van der Waals surface area contributed by atoms with Gasteiger partial charge in [-0.15, -0.1) is 11.3 Å². The number of hydrogen-bond acceptors (Lipinski definition) is 5. The van der Waals surface area contributed by atoms with Crippen LogP contribution in [0.2, 0.25) is 0 Å². The number of aromatic nitrogens is 3. The first-order valence-electron chi connectivity index (χ1n) is 6.51. The Hall–Kier alpha value is -2.08. The van der Waals surface area contributed by atoms with Gasteiger partial charge in [0.05, 0.1) is 18.2 Å². The Kier molecular flexibility index (Phi) is 3.31. The van der Waals surface area contributed by atoms with Crippen molar-refractivity contribution < 1.29 is 4.74 Å². The molecule has 5 nitrogen and oxygen atoms in total. The molecule has 2 aromatic heterocycles. The highest BCUT2D eigenvalue weighted by molar-refractivity contribution is 7.09. The summed E-state index contributed by atoms with van der Waals surface area (Å²) in [6.45, 7) is 4.63. The minimum atomic E-state index is 0.0527. The number of fused-ring (bicyclic) bond motifs is 1. The molecule has 0 aliphatic heterocycles. The van der Waals surface area contributed by atoms with Gasteiger partial charge in [0.2, 0.25) is 5.95 Å². The van der Waals surface area contributed by atoms with Crippen LogP contribution in [0.1, 0.15) is 24.9 Å². The Morgan fingerprint density at radius 2 is 2.30 bits per heavy atom. The van der Waals surface area contributed by atoms with E-state index in [-0.39, 0.29) is 6.04 Å². The number of nitrogens with two attached hydrogens (primary N) is 1. The number of hydrogen-bond donors (Lipinski definition) is 1. The molecule has 0 bridgehead atoms. The van der Waals surface area contributed by atoms with Crippen LogP contribution in [-0.2, 0) is 0 Å². The summed E-state index contributed by atoms with van der Waals surface area (Å²) in [5.74, 6) is 1.25. The third-order valence-electron chi connectivity index (χ3n) is 3.21. The molecule has 0 saturated carbocycles. The molecule has 0 amide bonds. The van der Waals surface area contributed by atoms with Gasteiger partial charge in [-0.3, -0.25) is 0 Å². The van der Waals surface area contributed by atoms with Gasteiger partial charge < -0.3 is 15.0 Å². The van der Waals surface area contributed by atoms with Crippen LogP contribution in [0.25, 0.3) is 11.0 Å². The lowest BCUT2D eigenvalue weighted by molar-refractivity contribution is 0.343. The van der Waals surface area contributed by atoms with Crippen LogP contribution in [0, 0.1) is 0 Å². The van der Waals surface area contributed by atoms with Crippen LogP contribution in [0.5, 0.6) is 5.75 Å². The molecule has 0 aliphatic carbocycles. The van der Waals surface area contributed by atoms with Gasteiger partial charge >= 0.3 is 0 Å². The first-order chi connectivity index (χ1) is 9.72. The Labute approximate surface area is 121 Å². The minimum absolute atomic E-state index is 0.0527. The number of nitrogen functional groups attached to an aromatic ring is 1. The molecule has 0 saturated heterocycles. The molecule has 1 aromatic carbocycles. The van der Waals surface area contributed by atoms with E-state index in [0.717, 1.165) is 21.8 Å². The largest absolute Gasteiger partial charge is 0.492 e. The van der Waals surface area contributed by atoms with Crippen molar-refractivity contribution in [2.24, 2.45) is 0 Å². The first-order valence-corrected chi connectivity index (χ1v) is 7.39. The van der Waals surface area contributed by atoms with Crippen LogP contribution < -0.4 is 10.5 Å². The monoisotopic (exact) mass is 288 g/mol. The van der Waals surface area contributed by atoms with Crippen LogP contribution >= 0.6 is 11.3 Å². The fourth-order valence-electron chi connectivity index (χ4n) is 2.34. The van der Waals surface area contributed by atoms with Gasteiger partial charge in [0.25, 0.3) is 0 Å². The van der Waals surface area contributed by atoms with Gasteiger partial charge in [-0.2, -0.15) is 0 Å². The van der Waals surface area contributed by atoms with E-state index in [2.05, 4.69) is 16.9 Å². The van der Waals surface area contributed by atoms with Crippen molar-refractivity contribution >= 4 is 28.3 Å². The number of ether oxygens (including phenoxy) is 1. The van der Waals surface area contributed by atoms with Crippen LogP contribution in [0.3, 0.4) is 0 Å². The minimum Gasteiger partial charge on any atom is -0.492 e. The topological polar surface area (TPSA) is 66.0 Å². The number of para-hydroxylation sites is 1. The lowest BCUT2D eigenvalue weighted by Crippen LogP contribution is -2.09. The number of rotatable bonds is 4. The normalized spacial score (nSPS) is 12.7. The highest BCUT2D eigenvalue weighted by Gasteiger charge is 2.19. The number of nitrogens with zero attached hydrogens (tertiary/aromatic N) is 3. The molecule has 2 N–H and O–H groups in total. The average molecular weight is 288 g/mol. The maximum atomic E-state index is 6.10. The summed E-state index contributed by atoms with van der Waals surface area (Å²) >= 11 is 1.61. The lowest BCUT2D eigenvalue weighted by atomic mass is 10.2. The summed E-state index contributed by atoms with van der Waals surface area (Å²) < 4.78 is 7.61. The summed E-state index contributed by atoms with van der Waals surface area (Å²) in [7, 11) is 0. The molecule has 0 spiro atoms. The highest BCUT2D eigenvalue weighted by Crippen LogP contribution is 2.32. The van der Waals surface area contributed by atoms with Gasteiger partial charge in [0, 0.05) is 11.6 Å². The van der Waals surface area contributed by atoms with Crippen molar-refractivity contribution in [3.05, 3.63) is 34.8 Å². The first kappa shape index (κ1) is 12.9. The Morgan fingerprint density at radius 3 is 3.00 bits per heavy atom.